The van der Waals surface area contributed by atoms with Crippen molar-refractivity contribution in [2.75, 3.05) is 0 Å². The van der Waals surface area contributed by atoms with Gasteiger partial charge in [-0.3, -0.25) is 0 Å². The van der Waals surface area contributed by atoms with E-state index in [0.29, 0.717) is 10.1 Å². The molecule has 5 heteroatoms. The molecule has 13 heavy (non-hydrogen) atoms. The molecule has 2 nitrogen and oxygen atoms in total. The molecule has 0 radical (unpaired) electrons. The minimum Gasteiger partial charge on any atom is -0.389 e. The molecule has 2 aromatic heterocycles. The van der Waals surface area contributed by atoms with Crippen molar-refractivity contribution in [2.45, 2.75) is 0 Å². The topological polar surface area (TPSA) is 38.9 Å². The minimum atomic E-state index is 0.354. The lowest BCUT2D eigenvalue weighted by atomic mass is 10.2. The van der Waals surface area contributed by atoms with Crippen LogP contribution in [0.15, 0.2) is 17.6 Å². The molecule has 0 amide bonds. The summed E-state index contributed by atoms with van der Waals surface area (Å²) in [5.41, 5.74) is 6.33. The molecule has 0 bridgehead atoms. The van der Waals surface area contributed by atoms with Crippen molar-refractivity contribution in [3.8, 4) is 0 Å². The van der Waals surface area contributed by atoms with Gasteiger partial charge >= 0.3 is 0 Å². The highest BCUT2D eigenvalue weighted by Gasteiger charge is 2.08. The number of halogens is 1. The molecule has 0 saturated heterocycles. The molecule has 2 aromatic rings. The molecule has 0 aromatic carbocycles. The third-order valence-corrected chi connectivity index (χ3v) is 3.25. The summed E-state index contributed by atoms with van der Waals surface area (Å²) < 4.78 is 0.937. The Kier molecular flexibility index (Phi) is 2.19. The van der Waals surface area contributed by atoms with Gasteiger partial charge in [0.25, 0.3) is 0 Å². The van der Waals surface area contributed by atoms with Crippen LogP contribution in [0, 0.1) is 0 Å². The van der Waals surface area contributed by atoms with E-state index >= 15 is 0 Å². The van der Waals surface area contributed by atoms with Gasteiger partial charge in [0.1, 0.15) is 10.1 Å². The van der Waals surface area contributed by atoms with E-state index in [1.165, 1.54) is 11.3 Å². The smallest absolute Gasteiger partial charge is 0.146 e. The summed E-state index contributed by atoms with van der Waals surface area (Å²) in [6, 6.07) is 1.95. The van der Waals surface area contributed by atoms with Crippen LogP contribution < -0.4 is 5.73 Å². The second-order valence-electron chi connectivity index (χ2n) is 2.49. The highest BCUT2D eigenvalue weighted by atomic mass is 35.5. The fourth-order valence-electron chi connectivity index (χ4n) is 1.13. The third-order valence-electron chi connectivity index (χ3n) is 1.72. The number of pyridine rings is 1. The van der Waals surface area contributed by atoms with Gasteiger partial charge in [0.05, 0.1) is 4.70 Å². The van der Waals surface area contributed by atoms with E-state index in [9.17, 15) is 0 Å². The molecule has 0 atom stereocenters. The lowest BCUT2D eigenvalue weighted by molar-refractivity contribution is 1.36. The molecular formula is C8H5ClN2S2. The van der Waals surface area contributed by atoms with E-state index in [1.807, 2.05) is 11.4 Å². The first kappa shape index (κ1) is 8.87. The molecule has 0 aliphatic carbocycles. The van der Waals surface area contributed by atoms with Gasteiger partial charge in [0.15, 0.2) is 0 Å². The Morgan fingerprint density at radius 3 is 3.08 bits per heavy atom. The molecule has 0 aliphatic heterocycles. The molecule has 0 aliphatic rings. The van der Waals surface area contributed by atoms with E-state index in [2.05, 4.69) is 4.98 Å². The van der Waals surface area contributed by atoms with Gasteiger partial charge in [-0.1, -0.05) is 23.8 Å². The second-order valence-corrected chi connectivity index (χ2v) is 4.20. The maximum Gasteiger partial charge on any atom is 0.146 e. The standard InChI is InChI=1S/C8H5ClN2S2/c9-7-6-4(1-2-13-6)5(3-11-7)8(10)12/h1-3H,(H2,10,12). The average Bonchev–Trinajstić information content (AvgIpc) is 2.53. The number of thiophene rings is 1. The lowest BCUT2D eigenvalue weighted by Gasteiger charge is -2.00. The monoisotopic (exact) mass is 228 g/mol. The van der Waals surface area contributed by atoms with Crippen LogP contribution in [0.2, 0.25) is 5.15 Å². The summed E-state index contributed by atoms with van der Waals surface area (Å²) in [5, 5.41) is 3.43. The molecule has 0 unspecified atom stereocenters. The molecule has 2 heterocycles. The van der Waals surface area contributed by atoms with Crippen LogP contribution in [0.5, 0.6) is 0 Å². The van der Waals surface area contributed by atoms with E-state index in [1.54, 1.807) is 6.20 Å². The molecule has 0 spiro atoms. The van der Waals surface area contributed by atoms with Gasteiger partial charge in [0.2, 0.25) is 0 Å². The number of thiocarbonyl (C=S) groups is 1. The summed E-state index contributed by atoms with van der Waals surface area (Å²) in [4.78, 5) is 4.36. The SMILES string of the molecule is NC(=S)c1cnc(Cl)c2sccc12. The molecule has 0 fully saturated rings. The fourth-order valence-corrected chi connectivity index (χ4v) is 2.37. The second kappa shape index (κ2) is 3.21. The van der Waals surface area contributed by atoms with Crippen LogP contribution in [0.3, 0.4) is 0 Å². The Bertz CT molecular complexity index is 478. The summed E-state index contributed by atoms with van der Waals surface area (Å²) in [5.74, 6) is 0. The van der Waals surface area contributed by atoms with Crippen molar-refractivity contribution in [3.63, 3.8) is 0 Å². The lowest BCUT2D eigenvalue weighted by Crippen LogP contribution is -2.09. The highest BCUT2D eigenvalue weighted by molar-refractivity contribution is 7.80. The number of nitrogens with zero attached hydrogens (tertiary/aromatic N) is 1. The van der Waals surface area contributed by atoms with E-state index in [4.69, 9.17) is 29.6 Å². The van der Waals surface area contributed by atoms with Crippen molar-refractivity contribution < 1.29 is 0 Å². The van der Waals surface area contributed by atoms with Crippen LogP contribution in [0.25, 0.3) is 10.1 Å². The van der Waals surface area contributed by atoms with E-state index < -0.39 is 0 Å². The Hall–Kier alpha value is -0.710. The third kappa shape index (κ3) is 1.41. The van der Waals surface area contributed by atoms with Crippen molar-refractivity contribution in [2.24, 2.45) is 5.73 Å². The van der Waals surface area contributed by atoms with Crippen molar-refractivity contribution in [3.05, 3.63) is 28.4 Å². The molecule has 2 rings (SSSR count). The van der Waals surface area contributed by atoms with Gasteiger partial charge in [0, 0.05) is 17.1 Å². The number of nitrogens with two attached hydrogens (primary N) is 1. The first-order chi connectivity index (χ1) is 6.20. The predicted molar refractivity (Wildman–Crippen MR) is 60.5 cm³/mol. The zero-order valence-electron chi connectivity index (χ0n) is 6.45. The Labute approximate surface area is 89.3 Å². The van der Waals surface area contributed by atoms with Gasteiger partial charge in [-0.25, -0.2) is 4.98 Å². The van der Waals surface area contributed by atoms with Gasteiger partial charge in [-0.15, -0.1) is 11.3 Å². The van der Waals surface area contributed by atoms with Crippen LogP contribution in [-0.2, 0) is 0 Å². The largest absolute Gasteiger partial charge is 0.389 e. The Balaban J connectivity index is 2.86. The van der Waals surface area contributed by atoms with Crippen LogP contribution in [-0.4, -0.2) is 9.97 Å². The minimum absolute atomic E-state index is 0.354. The first-order valence-corrected chi connectivity index (χ1v) is 5.18. The fraction of sp³-hybridized carbons (Fsp3) is 0. The van der Waals surface area contributed by atoms with E-state index in [0.717, 1.165) is 15.6 Å². The number of fused-ring (bicyclic) bond motifs is 1. The predicted octanol–water partition coefficient (Wildman–Crippen LogP) is 2.58. The first-order valence-electron chi connectivity index (χ1n) is 3.51. The number of aromatic nitrogens is 1. The maximum atomic E-state index is 5.89. The zero-order chi connectivity index (χ0) is 9.42. The average molecular weight is 229 g/mol. The number of rotatable bonds is 1. The van der Waals surface area contributed by atoms with Crippen LogP contribution in [0.4, 0.5) is 0 Å². The van der Waals surface area contributed by atoms with Crippen molar-refractivity contribution in [1.29, 1.82) is 0 Å². The molecule has 2 N–H and O–H groups in total. The maximum absolute atomic E-state index is 5.89. The van der Waals surface area contributed by atoms with Gasteiger partial charge < -0.3 is 5.73 Å². The van der Waals surface area contributed by atoms with Gasteiger partial charge in [-0.05, 0) is 11.4 Å². The zero-order valence-corrected chi connectivity index (χ0v) is 8.84. The summed E-state index contributed by atoms with van der Waals surface area (Å²) >= 11 is 12.3. The number of hydrogen-bond acceptors (Lipinski definition) is 3. The Morgan fingerprint density at radius 1 is 1.62 bits per heavy atom. The molecular weight excluding hydrogens is 224 g/mol. The van der Waals surface area contributed by atoms with Crippen LogP contribution >= 0.6 is 35.2 Å². The van der Waals surface area contributed by atoms with Crippen molar-refractivity contribution >= 4 is 50.2 Å². The van der Waals surface area contributed by atoms with Crippen molar-refractivity contribution in [1.82, 2.24) is 4.98 Å². The quantitative estimate of drug-likeness (QED) is 0.602. The number of hydrogen-bond donors (Lipinski definition) is 1. The summed E-state index contributed by atoms with van der Waals surface area (Å²) in [6.45, 7) is 0. The van der Waals surface area contributed by atoms with E-state index in [-0.39, 0.29) is 0 Å². The Morgan fingerprint density at radius 2 is 2.38 bits per heavy atom. The summed E-state index contributed by atoms with van der Waals surface area (Å²) in [7, 11) is 0. The molecule has 0 saturated carbocycles. The van der Waals surface area contributed by atoms with Gasteiger partial charge in [-0.2, -0.15) is 0 Å². The highest BCUT2D eigenvalue weighted by Crippen LogP contribution is 2.29. The normalized spacial score (nSPS) is 10.5. The molecule has 66 valence electrons. The summed E-state index contributed by atoms with van der Waals surface area (Å²) in [6.07, 6.45) is 1.61. The van der Waals surface area contributed by atoms with Crippen LogP contribution in [0.1, 0.15) is 5.56 Å².